The average molecular weight is 317 g/mol. The number of halogens is 1. The van der Waals surface area contributed by atoms with Crippen molar-refractivity contribution in [3.8, 4) is 0 Å². The summed E-state index contributed by atoms with van der Waals surface area (Å²) in [6.45, 7) is 0. The number of thiophene rings is 1. The molecule has 1 aliphatic rings. The van der Waals surface area contributed by atoms with Crippen LogP contribution in [0.25, 0.3) is 0 Å². The smallest absolute Gasteiger partial charge is 0.252 e. The second-order valence-electron chi connectivity index (χ2n) is 4.45. The van der Waals surface area contributed by atoms with Gasteiger partial charge in [0.2, 0.25) is 0 Å². The van der Waals surface area contributed by atoms with E-state index in [4.69, 9.17) is 0 Å². The van der Waals surface area contributed by atoms with E-state index in [0.29, 0.717) is 12.1 Å². The van der Waals surface area contributed by atoms with Gasteiger partial charge in [-0.05, 0) is 54.7 Å². The van der Waals surface area contributed by atoms with Gasteiger partial charge in [-0.2, -0.15) is 0 Å². The minimum Gasteiger partial charge on any atom is -0.349 e. The maximum absolute atomic E-state index is 11.9. The molecule has 2 N–H and O–H groups in total. The van der Waals surface area contributed by atoms with Crippen LogP contribution in [0.15, 0.2) is 15.2 Å². The molecular formula is C12H17BrN2OS. The molecule has 0 radical (unpaired) electrons. The monoisotopic (exact) mass is 316 g/mol. The quantitative estimate of drug-likeness (QED) is 0.900. The minimum absolute atomic E-state index is 0.0554. The highest BCUT2D eigenvalue weighted by molar-refractivity contribution is 9.11. The molecule has 1 aliphatic carbocycles. The van der Waals surface area contributed by atoms with Crippen molar-refractivity contribution in [3.05, 3.63) is 20.8 Å². The van der Waals surface area contributed by atoms with E-state index in [9.17, 15) is 4.79 Å². The number of carbonyl (C=O) groups excluding carboxylic acids is 1. The van der Waals surface area contributed by atoms with E-state index in [1.807, 2.05) is 18.5 Å². The van der Waals surface area contributed by atoms with E-state index in [0.717, 1.165) is 35.0 Å². The molecule has 1 aromatic heterocycles. The van der Waals surface area contributed by atoms with Crippen molar-refractivity contribution >= 4 is 33.2 Å². The average Bonchev–Trinajstić information content (AvgIpc) is 2.77. The molecule has 0 unspecified atom stereocenters. The van der Waals surface area contributed by atoms with E-state index in [-0.39, 0.29) is 5.91 Å². The second kappa shape index (κ2) is 5.98. The van der Waals surface area contributed by atoms with E-state index < -0.39 is 0 Å². The maximum Gasteiger partial charge on any atom is 0.252 e. The first kappa shape index (κ1) is 13.1. The lowest BCUT2D eigenvalue weighted by molar-refractivity contribution is 0.0925. The zero-order valence-electron chi connectivity index (χ0n) is 9.83. The van der Waals surface area contributed by atoms with Crippen molar-refractivity contribution in [1.82, 2.24) is 10.6 Å². The lowest BCUT2D eigenvalue weighted by atomic mass is 9.91. The Balaban J connectivity index is 1.84. The van der Waals surface area contributed by atoms with Crippen LogP contribution in [0.2, 0.25) is 0 Å². The molecule has 17 heavy (non-hydrogen) atoms. The third-order valence-corrected chi connectivity index (χ3v) is 4.80. The van der Waals surface area contributed by atoms with Crippen molar-refractivity contribution in [2.45, 2.75) is 37.8 Å². The number of nitrogens with one attached hydrogen (secondary N) is 2. The van der Waals surface area contributed by atoms with Gasteiger partial charge in [0.25, 0.3) is 5.91 Å². The van der Waals surface area contributed by atoms with Gasteiger partial charge in [0, 0.05) is 17.5 Å². The van der Waals surface area contributed by atoms with Crippen LogP contribution in [-0.4, -0.2) is 25.0 Å². The molecule has 0 aromatic carbocycles. The van der Waals surface area contributed by atoms with Crippen LogP contribution < -0.4 is 10.6 Å². The van der Waals surface area contributed by atoms with Crippen LogP contribution in [0.5, 0.6) is 0 Å². The first-order valence-electron chi connectivity index (χ1n) is 5.91. The highest BCUT2D eigenvalue weighted by atomic mass is 79.9. The van der Waals surface area contributed by atoms with Gasteiger partial charge in [-0.25, -0.2) is 0 Å². The van der Waals surface area contributed by atoms with Gasteiger partial charge in [-0.15, -0.1) is 11.3 Å². The van der Waals surface area contributed by atoms with E-state index in [2.05, 4.69) is 26.6 Å². The maximum atomic E-state index is 11.9. The standard InChI is InChI=1S/C12H17BrN2OS/c1-14-9-2-4-10(5-3-9)15-12(16)8-6-11(13)17-7-8/h6-7,9-10,14H,2-5H2,1H3,(H,15,16). The van der Waals surface area contributed by atoms with E-state index in [1.165, 1.54) is 0 Å². The van der Waals surface area contributed by atoms with E-state index >= 15 is 0 Å². The fourth-order valence-corrected chi connectivity index (χ4v) is 3.36. The van der Waals surface area contributed by atoms with Crippen LogP contribution in [0.4, 0.5) is 0 Å². The second-order valence-corrected chi connectivity index (χ2v) is 6.74. The Hall–Kier alpha value is -0.390. The van der Waals surface area contributed by atoms with Crippen molar-refractivity contribution in [2.24, 2.45) is 0 Å². The van der Waals surface area contributed by atoms with Crippen LogP contribution in [0, 0.1) is 0 Å². The van der Waals surface area contributed by atoms with Crippen molar-refractivity contribution in [1.29, 1.82) is 0 Å². The van der Waals surface area contributed by atoms with Gasteiger partial charge < -0.3 is 10.6 Å². The number of hydrogen-bond acceptors (Lipinski definition) is 3. The molecule has 1 fully saturated rings. The molecule has 3 nitrogen and oxygen atoms in total. The summed E-state index contributed by atoms with van der Waals surface area (Å²) in [5, 5.41) is 8.30. The summed E-state index contributed by atoms with van der Waals surface area (Å²) >= 11 is 4.92. The normalized spacial score (nSPS) is 24.6. The van der Waals surface area contributed by atoms with Crippen molar-refractivity contribution in [3.63, 3.8) is 0 Å². The summed E-state index contributed by atoms with van der Waals surface area (Å²) in [6.07, 6.45) is 4.44. The molecule has 2 rings (SSSR count). The third kappa shape index (κ3) is 3.53. The van der Waals surface area contributed by atoms with Gasteiger partial charge in [-0.3, -0.25) is 4.79 Å². The highest BCUT2D eigenvalue weighted by Gasteiger charge is 2.21. The van der Waals surface area contributed by atoms with Gasteiger partial charge in [0.05, 0.1) is 9.35 Å². The van der Waals surface area contributed by atoms with Gasteiger partial charge >= 0.3 is 0 Å². The SMILES string of the molecule is CNC1CCC(NC(=O)c2csc(Br)c2)CC1. The zero-order valence-corrected chi connectivity index (χ0v) is 12.2. The largest absolute Gasteiger partial charge is 0.349 e. The molecule has 0 aliphatic heterocycles. The predicted octanol–water partition coefficient (Wildman–Crippen LogP) is 2.77. The predicted molar refractivity (Wildman–Crippen MR) is 74.6 cm³/mol. The first-order valence-corrected chi connectivity index (χ1v) is 7.58. The van der Waals surface area contributed by atoms with Crippen LogP contribution in [0.3, 0.4) is 0 Å². The van der Waals surface area contributed by atoms with Crippen molar-refractivity contribution in [2.75, 3.05) is 7.05 Å². The number of rotatable bonds is 3. The number of carbonyl (C=O) groups is 1. The summed E-state index contributed by atoms with van der Waals surface area (Å²) in [6, 6.07) is 2.84. The summed E-state index contributed by atoms with van der Waals surface area (Å²) in [4.78, 5) is 11.9. The molecular weight excluding hydrogens is 300 g/mol. The van der Waals surface area contributed by atoms with Crippen LogP contribution in [0.1, 0.15) is 36.0 Å². The molecule has 1 aromatic rings. The summed E-state index contributed by atoms with van der Waals surface area (Å²) < 4.78 is 1.00. The van der Waals surface area contributed by atoms with E-state index in [1.54, 1.807) is 11.3 Å². The molecule has 0 atom stereocenters. The van der Waals surface area contributed by atoms with Crippen LogP contribution >= 0.6 is 27.3 Å². The topological polar surface area (TPSA) is 41.1 Å². The Labute approximate surface area is 114 Å². The number of amides is 1. The zero-order chi connectivity index (χ0) is 12.3. The molecule has 5 heteroatoms. The molecule has 1 saturated carbocycles. The molecule has 1 amide bonds. The fraction of sp³-hybridized carbons (Fsp3) is 0.583. The Kier molecular flexibility index (Phi) is 4.59. The minimum atomic E-state index is 0.0554. The molecule has 1 heterocycles. The molecule has 0 saturated heterocycles. The van der Waals surface area contributed by atoms with Crippen LogP contribution in [-0.2, 0) is 0 Å². The Morgan fingerprint density at radius 1 is 1.35 bits per heavy atom. The molecule has 0 bridgehead atoms. The lowest BCUT2D eigenvalue weighted by Crippen LogP contribution is -2.41. The fourth-order valence-electron chi connectivity index (χ4n) is 2.22. The lowest BCUT2D eigenvalue weighted by Gasteiger charge is -2.28. The van der Waals surface area contributed by atoms with Gasteiger partial charge in [0.15, 0.2) is 0 Å². The Bertz CT molecular complexity index is 386. The number of hydrogen-bond donors (Lipinski definition) is 2. The molecule has 94 valence electrons. The summed E-state index contributed by atoms with van der Waals surface area (Å²) in [7, 11) is 2.01. The highest BCUT2D eigenvalue weighted by Crippen LogP contribution is 2.22. The third-order valence-electron chi connectivity index (χ3n) is 3.30. The Morgan fingerprint density at radius 2 is 2.00 bits per heavy atom. The molecule has 0 spiro atoms. The Morgan fingerprint density at radius 3 is 2.53 bits per heavy atom. The van der Waals surface area contributed by atoms with Crippen molar-refractivity contribution < 1.29 is 4.79 Å². The van der Waals surface area contributed by atoms with Gasteiger partial charge in [-0.1, -0.05) is 0 Å². The van der Waals surface area contributed by atoms with Gasteiger partial charge in [0.1, 0.15) is 0 Å². The summed E-state index contributed by atoms with van der Waals surface area (Å²) in [5.41, 5.74) is 0.762. The summed E-state index contributed by atoms with van der Waals surface area (Å²) in [5.74, 6) is 0.0554. The first-order chi connectivity index (χ1) is 8.19.